The maximum Gasteiger partial charge on any atom is 0.325 e. The molecule has 3 heterocycles. The van der Waals surface area contributed by atoms with Crippen molar-refractivity contribution < 1.29 is 29.4 Å². The zero-order valence-corrected chi connectivity index (χ0v) is 16.1. The Morgan fingerprint density at radius 3 is 2.67 bits per heavy atom. The largest absolute Gasteiger partial charge is 0.481 e. The highest BCUT2D eigenvalue weighted by Crippen LogP contribution is 2.50. The zero-order valence-electron chi connectivity index (χ0n) is 14.5. The summed E-state index contributed by atoms with van der Waals surface area (Å²) in [6.07, 6.45) is 3.22. The van der Waals surface area contributed by atoms with Crippen molar-refractivity contribution in [3.05, 3.63) is 16.6 Å². The van der Waals surface area contributed by atoms with Crippen molar-refractivity contribution in [1.29, 1.82) is 0 Å². The topological polar surface area (TPSA) is 137 Å². The van der Waals surface area contributed by atoms with E-state index in [1.807, 2.05) is 6.26 Å². The first-order valence-electron chi connectivity index (χ1n) is 8.30. The number of rotatable bonds is 8. The van der Waals surface area contributed by atoms with Gasteiger partial charge in [0.2, 0.25) is 11.8 Å². The first-order chi connectivity index (χ1) is 12.8. The Hall–Kier alpha value is -1.98. The smallest absolute Gasteiger partial charge is 0.325 e. The van der Waals surface area contributed by atoms with Crippen molar-refractivity contribution in [1.82, 2.24) is 15.2 Å². The minimum atomic E-state index is -2.05. The Morgan fingerprint density at radius 1 is 1.37 bits per heavy atom. The molecule has 0 saturated carbocycles. The molecule has 0 radical (unpaired) electrons. The Kier molecular flexibility index (Phi) is 5.54. The van der Waals surface area contributed by atoms with Gasteiger partial charge in [0.15, 0.2) is 0 Å². The number of nitrogens with zero attached hydrogens (tertiary/aromatic N) is 2. The van der Waals surface area contributed by atoms with Crippen molar-refractivity contribution in [2.75, 3.05) is 18.6 Å². The van der Waals surface area contributed by atoms with E-state index in [1.54, 1.807) is 17.1 Å². The Labute approximate surface area is 163 Å². The monoisotopic (exact) mass is 413 g/mol. The summed E-state index contributed by atoms with van der Waals surface area (Å²) in [7, 11) is 0. The van der Waals surface area contributed by atoms with Crippen LogP contribution in [0.2, 0.25) is 0 Å². The number of imide groups is 1. The summed E-state index contributed by atoms with van der Waals surface area (Å²) in [5, 5.41) is 24.1. The molecule has 4 atom stereocenters. The van der Waals surface area contributed by atoms with Crippen molar-refractivity contribution >= 4 is 46.9 Å². The number of carboxylic acids is 2. The van der Waals surface area contributed by atoms with Gasteiger partial charge in [-0.15, -0.1) is 11.3 Å². The molecule has 27 heavy (non-hydrogen) atoms. The lowest BCUT2D eigenvalue weighted by molar-refractivity contribution is -0.156. The Bertz CT molecular complexity index is 770. The Morgan fingerprint density at radius 2 is 2.11 bits per heavy atom. The molecule has 2 aliphatic heterocycles. The minimum Gasteiger partial charge on any atom is -0.481 e. The molecule has 2 fully saturated rings. The van der Waals surface area contributed by atoms with Crippen LogP contribution in [-0.4, -0.2) is 67.9 Å². The quantitative estimate of drug-likeness (QED) is 0.409. The summed E-state index contributed by atoms with van der Waals surface area (Å²) >= 11 is 2.81. The van der Waals surface area contributed by atoms with Crippen molar-refractivity contribution in [3.8, 4) is 0 Å². The summed E-state index contributed by atoms with van der Waals surface area (Å²) < 4.78 is 0. The van der Waals surface area contributed by atoms with E-state index in [1.165, 1.54) is 17.5 Å². The number of likely N-dealkylation sites (tertiary alicyclic amines) is 1. The number of carboxylic acid groups (broad SMARTS) is 2. The molecule has 3 rings (SSSR count). The molecule has 2 amide bonds. The molecule has 11 heteroatoms. The van der Waals surface area contributed by atoms with E-state index in [4.69, 9.17) is 0 Å². The third kappa shape index (κ3) is 3.23. The van der Waals surface area contributed by atoms with Crippen LogP contribution in [0.3, 0.4) is 0 Å². The van der Waals surface area contributed by atoms with Crippen LogP contribution < -0.4 is 5.32 Å². The molecule has 146 valence electrons. The lowest BCUT2D eigenvalue weighted by Gasteiger charge is -2.29. The lowest BCUT2D eigenvalue weighted by Crippen LogP contribution is -2.57. The molecule has 2 saturated heterocycles. The third-order valence-electron chi connectivity index (χ3n) is 5.00. The molecular weight excluding hydrogens is 394 g/mol. The third-order valence-corrected chi connectivity index (χ3v) is 6.56. The molecule has 0 spiro atoms. The summed E-state index contributed by atoms with van der Waals surface area (Å²) in [6, 6.07) is -0.813. The molecule has 2 aliphatic rings. The van der Waals surface area contributed by atoms with E-state index in [2.05, 4.69) is 10.3 Å². The number of hydrogen-bond donors (Lipinski definition) is 3. The van der Waals surface area contributed by atoms with Gasteiger partial charge in [-0.3, -0.25) is 29.4 Å². The number of thiazole rings is 1. The highest BCUT2D eigenvalue weighted by atomic mass is 32.2. The average molecular weight is 413 g/mol. The summed E-state index contributed by atoms with van der Waals surface area (Å²) in [5.74, 6) is -5.40. The molecule has 1 aromatic heterocycles. The predicted molar refractivity (Wildman–Crippen MR) is 97.3 cm³/mol. The number of thioether (sulfide) groups is 1. The molecule has 0 bridgehead atoms. The first kappa shape index (κ1) is 19.8. The van der Waals surface area contributed by atoms with Gasteiger partial charge in [0.05, 0.1) is 24.3 Å². The fourth-order valence-electron chi connectivity index (χ4n) is 3.92. The van der Waals surface area contributed by atoms with E-state index in [-0.39, 0.29) is 6.54 Å². The summed E-state index contributed by atoms with van der Waals surface area (Å²) in [4.78, 5) is 54.7. The molecule has 0 aromatic carbocycles. The highest BCUT2D eigenvalue weighted by Gasteiger charge is 2.69. The van der Waals surface area contributed by atoms with Gasteiger partial charge in [-0.1, -0.05) is 0 Å². The van der Waals surface area contributed by atoms with Crippen LogP contribution >= 0.6 is 23.1 Å². The average Bonchev–Trinajstić information content (AvgIpc) is 3.28. The summed E-state index contributed by atoms with van der Waals surface area (Å²) in [6.45, 7) is 0.193. The van der Waals surface area contributed by atoms with E-state index in [9.17, 15) is 29.4 Å². The number of nitrogens with one attached hydrogen (secondary N) is 1. The number of fused-ring (bicyclic) bond motifs is 1. The molecule has 0 aliphatic carbocycles. The van der Waals surface area contributed by atoms with Crippen molar-refractivity contribution in [2.24, 2.45) is 11.8 Å². The number of hydrogen-bond acceptors (Lipinski definition) is 8. The molecule has 1 aromatic rings. The Balaban J connectivity index is 2.03. The van der Waals surface area contributed by atoms with E-state index in [0.717, 1.165) is 10.7 Å². The normalized spacial score (nSPS) is 30.0. The van der Waals surface area contributed by atoms with Crippen LogP contribution in [0.5, 0.6) is 0 Å². The van der Waals surface area contributed by atoms with Gasteiger partial charge in [0, 0.05) is 18.1 Å². The SMILES string of the molecule is CSCCCN1C(=O)C2C(c3nccs3)NC(CC(=O)O)(C(=O)O)C2C1=O. The van der Waals surface area contributed by atoms with Crippen LogP contribution in [0.25, 0.3) is 0 Å². The number of carbonyl (C=O) groups excluding carboxylic acids is 2. The van der Waals surface area contributed by atoms with Gasteiger partial charge in [-0.05, 0) is 18.4 Å². The van der Waals surface area contributed by atoms with E-state index >= 15 is 0 Å². The minimum absolute atomic E-state index is 0.193. The van der Waals surface area contributed by atoms with E-state index in [0.29, 0.717) is 11.4 Å². The number of amides is 2. The lowest BCUT2D eigenvalue weighted by atomic mass is 9.78. The first-order valence-corrected chi connectivity index (χ1v) is 10.6. The fourth-order valence-corrected chi connectivity index (χ4v) is 5.08. The standard InChI is InChI=1S/C16H19N3O6S2/c1-26-5-2-4-19-13(22)9-10(14(19)23)16(15(24)25,7-8(20)21)18-11(9)12-17-3-6-27-12/h3,6,9-11,18H,2,4-5,7H2,1H3,(H,20,21)(H,24,25). The molecule has 4 unspecified atom stereocenters. The highest BCUT2D eigenvalue weighted by molar-refractivity contribution is 7.98. The van der Waals surface area contributed by atoms with Gasteiger partial charge in [0.25, 0.3) is 0 Å². The van der Waals surface area contributed by atoms with Crippen molar-refractivity contribution in [3.63, 3.8) is 0 Å². The van der Waals surface area contributed by atoms with Gasteiger partial charge < -0.3 is 10.2 Å². The number of carbonyl (C=O) groups is 4. The molecular formula is C16H19N3O6S2. The second-order valence-corrected chi connectivity index (χ2v) is 8.43. The molecule has 3 N–H and O–H groups in total. The maximum atomic E-state index is 13.0. The fraction of sp³-hybridized carbons (Fsp3) is 0.562. The summed E-state index contributed by atoms with van der Waals surface area (Å²) in [5.41, 5.74) is -2.05. The van der Waals surface area contributed by atoms with Crippen LogP contribution in [0.4, 0.5) is 0 Å². The van der Waals surface area contributed by atoms with Crippen LogP contribution in [-0.2, 0) is 19.2 Å². The van der Waals surface area contributed by atoms with Crippen LogP contribution in [0.1, 0.15) is 23.9 Å². The van der Waals surface area contributed by atoms with Crippen LogP contribution in [0.15, 0.2) is 11.6 Å². The second-order valence-electron chi connectivity index (χ2n) is 6.52. The van der Waals surface area contributed by atoms with Gasteiger partial charge >= 0.3 is 11.9 Å². The molecule has 9 nitrogen and oxygen atoms in total. The number of aromatic nitrogens is 1. The van der Waals surface area contributed by atoms with Gasteiger partial charge in [0.1, 0.15) is 10.5 Å². The van der Waals surface area contributed by atoms with Gasteiger partial charge in [-0.2, -0.15) is 11.8 Å². The maximum absolute atomic E-state index is 13.0. The van der Waals surface area contributed by atoms with Gasteiger partial charge in [-0.25, -0.2) is 4.98 Å². The predicted octanol–water partition coefficient (Wildman–Crippen LogP) is 0.440. The van der Waals surface area contributed by atoms with Crippen LogP contribution in [0, 0.1) is 11.8 Å². The van der Waals surface area contributed by atoms with Crippen molar-refractivity contribution in [2.45, 2.75) is 24.4 Å². The zero-order chi connectivity index (χ0) is 19.8. The van der Waals surface area contributed by atoms with E-state index < -0.39 is 53.6 Å². The number of aliphatic carboxylic acids is 2. The second kappa shape index (κ2) is 7.56.